The van der Waals surface area contributed by atoms with Gasteiger partial charge in [0.1, 0.15) is 0 Å². The van der Waals surface area contributed by atoms with Gasteiger partial charge in [-0.15, -0.1) is 0 Å². The van der Waals surface area contributed by atoms with Gasteiger partial charge in [0, 0.05) is 15.5 Å². The highest BCUT2D eigenvalue weighted by atomic mass is 127. The third-order valence-electron chi connectivity index (χ3n) is 2.99. The number of pyridine rings is 1. The molecule has 0 fully saturated rings. The summed E-state index contributed by atoms with van der Waals surface area (Å²) in [5.74, 6) is 0. The number of aromatic amines is 1. The summed E-state index contributed by atoms with van der Waals surface area (Å²) in [6.45, 7) is 6.17. The molecule has 0 spiro atoms. The minimum atomic E-state index is 0.00505. The molecule has 0 aliphatic carbocycles. The Bertz CT molecular complexity index is 664. The number of hydrogen-bond donors (Lipinski definition) is 1. The van der Waals surface area contributed by atoms with Crippen LogP contribution in [0, 0.1) is 17.4 Å². The Morgan fingerprint density at radius 1 is 1.32 bits per heavy atom. The molecule has 0 amide bonds. The molecule has 0 saturated heterocycles. The van der Waals surface area contributed by atoms with Crippen molar-refractivity contribution in [2.24, 2.45) is 0 Å². The van der Waals surface area contributed by atoms with E-state index in [2.05, 4.69) is 65.7 Å². The largest absolute Gasteiger partial charge is 0.325 e. The highest BCUT2D eigenvalue weighted by Gasteiger charge is 2.13. The van der Waals surface area contributed by atoms with E-state index in [9.17, 15) is 4.79 Å². The lowest BCUT2D eigenvalue weighted by atomic mass is 10.1. The van der Waals surface area contributed by atoms with Crippen molar-refractivity contribution in [2.75, 3.05) is 0 Å². The van der Waals surface area contributed by atoms with E-state index in [0.717, 1.165) is 20.6 Å². The van der Waals surface area contributed by atoms with Gasteiger partial charge in [-0.05, 0) is 60.6 Å². The number of halogens is 1. The molecule has 0 aliphatic heterocycles. The van der Waals surface area contributed by atoms with E-state index in [1.165, 1.54) is 16.0 Å². The van der Waals surface area contributed by atoms with Crippen LogP contribution in [0.4, 0.5) is 0 Å². The van der Waals surface area contributed by atoms with Crippen molar-refractivity contribution in [3.05, 3.63) is 55.0 Å². The van der Waals surface area contributed by atoms with Crippen LogP contribution in [0.15, 0.2) is 38.9 Å². The highest BCUT2D eigenvalue weighted by Crippen LogP contribution is 2.34. The SMILES string of the molecule is CCc1c(C)[nH]c(=O)c(I)c1Sc1cccc(C)c1. The fraction of sp³-hybridized carbons (Fsp3) is 0.267. The summed E-state index contributed by atoms with van der Waals surface area (Å²) in [6.07, 6.45) is 0.923. The summed E-state index contributed by atoms with van der Waals surface area (Å²) in [5, 5.41) is 0. The van der Waals surface area contributed by atoms with Crippen molar-refractivity contribution in [1.82, 2.24) is 4.98 Å². The molecular weight excluding hydrogens is 369 g/mol. The van der Waals surface area contributed by atoms with E-state index in [-0.39, 0.29) is 5.56 Å². The summed E-state index contributed by atoms with van der Waals surface area (Å²) in [7, 11) is 0. The smallest absolute Gasteiger partial charge is 0.262 e. The van der Waals surface area contributed by atoms with Crippen molar-refractivity contribution in [2.45, 2.75) is 37.0 Å². The van der Waals surface area contributed by atoms with E-state index in [4.69, 9.17) is 0 Å². The molecule has 0 unspecified atom stereocenters. The second-order valence-electron chi connectivity index (χ2n) is 4.47. The monoisotopic (exact) mass is 385 g/mol. The normalized spacial score (nSPS) is 10.7. The number of aromatic nitrogens is 1. The van der Waals surface area contributed by atoms with Crippen LogP contribution < -0.4 is 5.56 Å². The highest BCUT2D eigenvalue weighted by molar-refractivity contribution is 14.1. The number of H-pyrrole nitrogens is 1. The standard InChI is InChI=1S/C15H16INOS/c1-4-12-10(3)17-15(18)13(16)14(12)19-11-7-5-6-9(2)8-11/h5-8H,4H2,1-3H3,(H,17,18). The van der Waals surface area contributed by atoms with Gasteiger partial charge in [0.05, 0.1) is 3.57 Å². The first-order valence-corrected chi connectivity index (χ1v) is 8.08. The third-order valence-corrected chi connectivity index (χ3v) is 5.53. The number of aryl methyl sites for hydroxylation is 2. The summed E-state index contributed by atoms with van der Waals surface area (Å²) in [4.78, 5) is 17.1. The van der Waals surface area contributed by atoms with Crippen LogP contribution in [0.25, 0.3) is 0 Å². The minimum Gasteiger partial charge on any atom is -0.325 e. The van der Waals surface area contributed by atoms with Gasteiger partial charge in [0.25, 0.3) is 5.56 Å². The van der Waals surface area contributed by atoms with E-state index >= 15 is 0 Å². The Hall–Kier alpha value is -0.750. The van der Waals surface area contributed by atoms with Gasteiger partial charge in [0.2, 0.25) is 0 Å². The van der Waals surface area contributed by atoms with Crippen LogP contribution in [0.1, 0.15) is 23.7 Å². The predicted octanol–water partition coefficient (Wildman–Crippen LogP) is 4.31. The van der Waals surface area contributed by atoms with Gasteiger partial charge < -0.3 is 4.98 Å². The molecule has 19 heavy (non-hydrogen) atoms. The lowest BCUT2D eigenvalue weighted by molar-refractivity contribution is 0.960. The zero-order chi connectivity index (χ0) is 14.0. The molecule has 1 aromatic carbocycles. The zero-order valence-electron chi connectivity index (χ0n) is 11.2. The molecule has 1 aromatic heterocycles. The van der Waals surface area contributed by atoms with Crippen molar-refractivity contribution in [3.63, 3.8) is 0 Å². The first kappa shape index (κ1) is 14.7. The summed E-state index contributed by atoms with van der Waals surface area (Å²) in [6, 6.07) is 8.37. The van der Waals surface area contributed by atoms with E-state index in [1.54, 1.807) is 11.8 Å². The van der Waals surface area contributed by atoms with Gasteiger partial charge in [-0.1, -0.05) is 36.4 Å². The Morgan fingerprint density at radius 3 is 2.68 bits per heavy atom. The Kier molecular flexibility index (Phi) is 4.73. The molecule has 4 heteroatoms. The van der Waals surface area contributed by atoms with E-state index < -0.39 is 0 Å². The number of benzene rings is 1. The first-order chi connectivity index (χ1) is 9.02. The van der Waals surface area contributed by atoms with Gasteiger partial charge in [0.15, 0.2) is 0 Å². The van der Waals surface area contributed by atoms with Crippen LogP contribution in [-0.2, 0) is 6.42 Å². The Labute approximate surface area is 131 Å². The van der Waals surface area contributed by atoms with Crippen LogP contribution >= 0.6 is 34.4 Å². The molecule has 2 aromatic rings. The maximum absolute atomic E-state index is 11.9. The van der Waals surface area contributed by atoms with Gasteiger partial charge >= 0.3 is 0 Å². The molecule has 100 valence electrons. The van der Waals surface area contributed by atoms with Gasteiger partial charge in [-0.3, -0.25) is 4.79 Å². The lowest BCUT2D eigenvalue weighted by Crippen LogP contribution is -2.15. The average molecular weight is 385 g/mol. The van der Waals surface area contributed by atoms with Crippen LogP contribution in [0.2, 0.25) is 0 Å². The Balaban J connectivity index is 2.53. The number of rotatable bonds is 3. The molecule has 1 heterocycles. The second-order valence-corrected chi connectivity index (χ2v) is 6.64. The van der Waals surface area contributed by atoms with Crippen LogP contribution in [0.3, 0.4) is 0 Å². The molecule has 0 bridgehead atoms. The fourth-order valence-corrected chi connectivity index (χ4v) is 4.06. The van der Waals surface area contributed by atoms with Gasteiger partial charge in [-0.25, -0.2) is 0 Å². The molecule has 0 saturated carbocycles. The number of nitrogens with one attached hydrogen (secondary N) is 1. The quantitative estimate of drug-likeness (QED) is 0.799. The van der Waals surface area contributed by atoms with Crippen molar-refractivity contribution in [1.29, 1.82) is 0 Å². The maximum Gasteiger partial charge on any atom is 0.262 e. The summed E-state index contributed by atoms with van der Waals surface area (Å²) in [5.41, 5.74) is 3.45. The van der Waals surface area contributed by atoms with Crippen molar-refractivity contribution < 1.29 is 0 Å². The van der Waals surface area contributed by atoms with Crippen LogP contribution in [0.5, 0.6) is 0 Å². The average Bonchev–Trinajstić information content (AvgIpc) is 2.36. The third kappa shape index (κ3) is 3.23. The Morgan fingerprint density at radius 2 is 2.05 bits per heavy atom. The topological polar surface area (TPSA) is 32.9 Å². The first-order valence-electron chi connectivity index (χ1n) is 6.18. The molecule has 0 radical (unpaired) electrons. The molecule has 2 rings (SSSR count). The minimum absolute atomic E-state index is 0.00505. The summed E-state index contributed by atoms with van der Waals surface area (Å²) < 4.78 is 0.784. The van der Waals surface area contributed by atoms with Crippen molar-refractivity contribution >= 4 is 34.4 Å². The molecular formula is C15H16INOS. The second kappa shape index (κ2) is 6.13. The molecule has 0 aliphatic rings. The molecule has 1 N–H and O–H groups in total. The maximum atomic E-state index is 11.9. The van der Waals surface area contributed by atoms with E-state index in [0.29, 0.717) is 0 Å². The van der Waals surface area contributed by atoms with Crippen LogP contribution in [-0.4, -0.2) is 4.98 Å². The van der Waals surface area contributed by atoms with Crippen molar-refractivity contribution in [3.8, 4) is 0 Å². The van der Waals surface area contributed by atoms with Gasteiger partial charge in [-0.2, -0.15) is 0 Å². The predicted molar refractivity (Wildman–Crippen MR) is 89.2 cm³/mol. The molecule has 0 atom stereocenters. The number of hydrogen-bond acceptors (Lipinski definition) is 2. The fourth-order valence-electron chi connectivity index (χ4n) is 2.04. The lowest BCUT2D eigenvalue weighted by Gasteiger charge is -2.12. The zero-order valence-corrected chi connectivity index (χ0v) is 14.2. The summed E-state index contributed by atoms with van der Waals surface area (Å²) >= 11 is 3.82. The van der Waals surface area contributed by atoms with E-state index in [1.807, 2.05) is 6.92 Å². The molecule has 2 nitrogen and oxygen atoms in total.